The van der Waals surface area contributed by atoms with Crippen molar-refractivity contribution in [2.24, 2.45) is 7.05 Å². The van der Waals surface area contributed by atoms with Crippen LogP contribution in [0.5, 0.6) is 5.75 Å². The van der Waals surface area contributed by atoms with E-state index in [1.54, 1.807) is 11.8 Å². The molecule has 3 heterocycles. The first kappa shape index (κ1) is 19.8. The summed E-state index contributed by atoms with van der Waals surface area (Å²) in [4.78, 5) is 15.7. The van der Waals surface area contributed by atoms with Gasteiger partial charge in [0.15, 0.2) is 0 Å². The van der Waals surface area contributed by atoms with E-state index < -0.39 is 5.41 Å². The Labute approximate surface area is 182 Å². The van der Waals surface area contributed by atoms with E-state index in [9.17, 15) is 4.79 Å². The lowest BCUT2D eigenvalue weighted by Gasteiger charge is -2.47. The predicted molar refractivity (Wildman–Crippen MR) is 118 cm³/mol. The molecule has 7 heteroatoms. The Kier molecular flexibility index (Phi) is 4.78. The monoisotopic (exact) mass is 417 g/mol. The van der Waals surface area contributed by atoms with E-state index in [2.05, 4.69) is 45.7 Å². The molecule has 2 aliphatic heterocycles. The molecule has 1 N–H and O–H groups in total. The van der Waals surface area contributed by atoms with Crippen molar-refractivity contribution in [3.63, 3.8) is 0 Å². The van der Waals surface area contributed by atoms with Gasteiger partial charge in [-0.3, -0.25) is 14.4 Å². The fraction of sp³-hybridized carbons (Fsp3) is 0.375. The highest BCUT2D eigenvalue weighted by molar-refractivity contribution is 6.06. The Balaban J connectivity index is 1.53. The molecule has 1 fully saturated rings. The number of anilines is 1. The smallest absolute Gasteiger partial charge is 0.235 e. The molecule has 0 saturated carbocycles. The number of rotatable bonds is 4. The number of fused-ring (bicyclic) bond motifs is 2. The van der Waals surface area contributed by atoms with Crippen LogP contribution in [0.2, 0.25) is 0 Å². The molecule has 2 aromatic carbocycles. The predicted octanol–water partition coefficient (Wildman–Crippen LogP) is 3.44. The summed E-state index contributed by atoms with van der Waals surface area (Å²) in [6, 6.07) is 16.4. The molecule has 2 aliphatic rings. The zero-order valence-corrected chi connectivity index (χ0v) is 18.1. The number of hydrogen-bond acceptors (Lipinski definition) is 5. The summed E-state index contributed by atoms with van der Waals surface area (Å²) < 4.78 is 7.03. The number of piperidine rings is 1. The van der Waals surface area contributed by atoms with Crippen molar-refractivity contribution in [1.82, 2.24) is 19.9 Å². The van der Waals surface area contributed by atoms with E-state index >= 15 is 0 Å². The minimum Gasteiger partial charge on any atom is -0.497 e. The maximum atomic E-state index is 13.3. The minimum atomic E-state index is -0.547. The third kappa shape index (κ3) is 3.29. The Bertz CT molecular complexity index is 1110. The number of hydrogen-bond donors (Lipinski definition) is 1. The highest BCUT2D eigenvalue weighted by Crippen LogP contribution is 2.51. The number of para-hydroxylation sites is 1. The number of carbonyl (C=O) groups is 1. The van der Waals surface area contributed by atoms with Crippen molar-refractivity contribution < 1.29 is 9.53 Å². The van der Waals surface area contributed by atoms with Crippen LogP contribution in [0.25, 0.3) is 0 Å². The molecule has 5 rings (SSSR count). The van der Waals surface area contributed by atoms with Crippen molar-refractivity contribution in [1.29, 1.82) is 0 Å². The van der Waals surface area contributed by atoms with Gasteiger partial charge in [-0.15, -0.1) is 5.10 Å². The molecule has 3 aromatic rings. The van der Waals surface area contributed by atoms with Crippen LogP contribution in [-0.2, 0) is 23.8 Å². The second-order valence-corrected chi connectivity index (χ2v) is 8.69. The van der Waals surface area contributed by atoms with Gasteiger partial charge in [-0.2, -0.15) is 0 Å². The third-order valence-electron chi connectivity index (χ3n) is 6.76. The molecule has 1 aromatic heterocycles. The topological polar surface area (TPSA) is 72.3 Å². The van der Waals surface area contributed by atoms with Gasteiger partial charge in [0, 0.05) is 31.5 Å². The molecular weight excluding hydrogens is 390 g/mol. The summed E-state index contributed by atoms with van der Waals surface area (Å²) in [6.45, 7) is 2.98. The maximum Gasteiger partial charge on any atom is 0.235 e. The normalized spacial score (nSPS) is 25.5. The Morgan fingerprint density at radius 2 is 1.94 bits per heavy atom. The van der Waals surface area contributed by atoms with Crippen molar-refractivity contribution in [3.05, 3.63) is 71.5 Å². The van der Waals surface area contributed by atoms with Crippen molar-refractivity contribution in [2.45, 2.75) is 43.8 Å². The van der Waals surface area contributed by atoms with Crippen LogP contribution in [0.15, 0.2) is 54.7 Å². The number of benzene rings is 2. The lowest BCUT2D eigenvalue weighted by molar-refractivity contribution is -0.124. The molecule has 3 atom stereocenters. The van der Waals surface area contributed by atoms with Crippen molar-refractivity contribution in [3.8, 4) is 5.75 Å². The number of methoxy groups -OCH3 is 1. The summed E-state index contributed by atoms with van der Waals surface area (Å²) in [5, 5.41) is 11.8. The molecule has 31 heavy (non-hydrogen) atoms. The zero-order chi connectivity index (χ0) is 21.6. The molecule has 1 spiro atoms. The fourth-order valence-corrected chi connectivity index (χ4v) is 5.24. The molecule has 0 radical (unpaired) electrons. The van der Waals surface area contributed by atoms with E-state index in [0.29, 0.717) is 6.42 Å². The minimum absolute atomic E-state index is 0.0172. The average molecular weight is 418 g/mol. The summed E-state index contributed by atoms with van der Waals surface area (Å²) in [5.41, 5.74) is 3.59. The number of nitrogens with one attached hydrogen (secondary N) is 1. The van der Waals surface area contributed by atoms with Crippen LogP contribution < -0.4 is 10.1 Å². The Morgan fingerprint density at radius 3 is 2.65 bits per heavy atom. The first-order valence-corrected chi connectivity index (χ1v) is 10.7. The van der Waals surface area contributed by atoms with Crippen LogP contribution >= 0.6 is 0 Å². The highest BCUT2D eigenvalue weighted by Gasteiger charge is 2.53. The van der Waals surface area contributed by atoms with E-state index in [-0.39, 0.29) is 18.0 Å². The molecule has 3 unspecified atom stereocenters. The van der Waals surface area contributed by atoms with E-state index in [0.717, 1.165) is 35.7 Å². The number of aromatic nitrogens is 3. The first-order valence-electron chi connectivity index (χ1n) is 10.7. The van der Waals surface area contributed by atoms with Crippen LogP contribution in [0.3, 0.4) is 0 Å². The highest BCUT2D eigenvalue weighted by atomic mass is 16.5. The molecule has 7 nitrogen and oxygen atoms in total. The number of amides is 1. The summed E-state index contributed by atoms with van der Waals surface area (Å²) in [5.74, 6) is 0.942. The molecule has 0 bridgehead atoms. The van der Waals surface area contributed by atoms with Gasteiger partial charge in [0.1, 0.15) is 5.75 Å². The molecule has 1 amide bonds. The number of aryl methyl sites for hydroxylation is 1. The van der Waals surface area contributed by atoms with Crippen molar-refractivity contribution in [2.75, 3.05) is 12.4 Å². The standard InChI is InChI=1S/C24H27N5O2/c1-16-12-24(19-6-4-5-7-20(19)25-23(24)30)13-22(21-15-28(2)27-26-21)29(16)14-17-8-10-18(31-3)11-9-17/h4-11,15-16,22H,12-14H2,1-3H3,(H,25,30). The van der Waals surface area contributed by atoms with Gasteiger partial charge >= 0.3 is 0 Å². The number of likely N-dealkylation sites (tertiary alicyclic amines) is 1. The van der Waals surface area contributed by atoms with Gasteiger partial charge in [-0.1, -0.05) is 35.5 Å². The lowest BCUT2D eigenvalue weighted by atomic mass is 9.68. The summed E-state index contributed by atoms with van der Waals surface area (Å²) in [7, 11) is 3.56. The van der Waals surface area contributed by atoms with Gasteiger partial charge in [-0.05, 0) is 49.1 Å². The molecular formula is C24H27N5O2. The van der Waals surface area contributed by atoms with Crippen molar-refractivity contribution >= 4 is 11.6 Å². The van der Waals surface area contributed by atoms with E-state index in [1.165, 1.54) is 5.56 Å². The second-order valence-electron chi connectivity index (χ2n) is 8.69. The molecule has 160 valence electrons. The number of ether oxygens (including phenoxy) is 1. The zero-order valence-electron chi connectivity index (χ0n) is 18.1. The van der Waals surface area contributed by atoms with E-state index in [1.807, 2.05) is 43.6 Å². The molecule has 0 aliphatic carbocycles. The summed E-state index contributed by atoms with van der Waals surface area (Å²) in [6.07, 6.45) is 3.41. The van der Waals surface area contributed by atoms with Crippen LogP contribution in [-0.4, -0.2) is 39.0 Å². The number of carbonyl (C=O) groups excluding carboxylic acids is 1. The van der Waals surface area contributed by atoms with Crippen LogP contribution in [0, 0.1) is 0 Å². The van der Waals surface area contributed by atoms with Gasteiger partial charge in [0.25, 0.3) is 0 Å². The van der Waals surface area contributed by atoms with Gasteiger partial charge < -0.3 is 10.1 Å². The fourth-order valence-electron chi connectivity index (χ4n) is 5.24. The average Bonchev–Trinajstić information content (AvgIpc) is 3.32. The van der Waals surface area contributed by atoms with Gasteiger partial charge in [-0.25, -0.2) is 0 Å². The van der Waals surface area contributed by atoms with Gasteiger partial charge in [0.2, 0.25) is 5.91 Å². The van der Waals surface area contributed by atoms with E-state index in [4.69, 9.17) is 4.74 Å². The van der Waals surface area contributed by atoms with Crippen LogP contribution in [0.4, 0.5) is 5.69 Å². The van der Waals surface area contributed by atoms with Gasteiger partial charge in [0.05, 0.1) is 24.3 Å². The first-order chi connectivity index (χ1) is 15.0. The summed E-state index contributed by atoms with van der Waals surface area (Å²) >= 11 is 0. The Hall–Kier alpha value is -3.19. The SMILES string of the molecule is COc1ccc(CN2C(C)CC3(CC2c2cn(C)nn2)C(=O)Nc2ccccc23)cc1. The number of nitrogens with zero attached hydrogens (tertiary/aromatic N) is 4. The lowest BCUT2D eigenvalue weighted by Crippen LogP contribution is -2.52. The largest absolute Gasteiger partial charge is 0.497 e. The Morgan fingerprint density at radius 1 is 1.16 bits per heavy atom. The maximum absolute atomic E-state index is 13.3. The second kappa shape index (κ2) is 7.50. The van der Waals surface area contributed by atoms with Crippen LogP contribution in [0.1, 0.15) is 42.6 Å². The molecule has 1 saturated heterocycles. The quantitative estimate of drug-likeness (QED) is 0.704. The third-order valence-corrected chi connectivity index (χ3v) is 6.76.